The van der Waals surface area contributed by atoms with Gasteiger partial charge in [0.1, 0.15) is 0 Å². The highest BCUT2D eigenvalue weighted by Crippen LogP contribution is 2.30. The number of benzene rings is 2. The van der Waals surface area contributed by atoms with Crippen molar-refractivity contribution in [1.29, 1.82) is 0 Å². The molecule has 0 bridgehead atoms. The number of aryl methyl sites for hydroxylation is 1. The van der Waals surface area contributed by atoms with Gasteiger partial charge in [-0.25, -0.2) is 0 Å². The van der Waals surface area contributed by atoms with E-state index in [1.165, 1.54) is 6.08 Å². The maximum absolute atomic E-state index is 9.51. The summed E-state index contributed by atoms with van der Waals surface area (Å²) in [5.74, 6) is 0. The van der Waals surface area contributed by atoms with Crippen molar-refractivity contribution in [3.8, 4) is 5.69 Å². The van der Waals surface area contributed by atoms with E-state index in [-0.39, 0.29) is 0 Å². The smallest absolute Gasteiger partial charge is 0.423 e. The standard InChI is InChI=1S/C19H18BNO2/c1-3-15(20(22)23)13-19-14(2)17-11-7-8-12-18(17)21(19)16-9-5-4-6-10-16/h3-13,22-23H,1H2,2H3/b15-13+. The van der Waals surface area contributed by atoms with Crippen molar-refractivity contribution in [3.05, 3.63) is 84.0 Å². The van der Waals surface area contributed by atoms with Crippen molar-refractivity contribution >= 4 is 24.1 Å². The lowest BCUT2D eigenvalue weighted by atomic mass is 9.78. The molecule has 23 heavy (non-hydrogen) atoms. The molecule has 1 aromatic heterocycles. The molecule has 0 radical (unpaired) electrons. The van der Waals surface area contributed by atoms with Gasteiger partial charge in [-0.3, -0.25) is 0 Å². The third-order valence-electron chi connectivity index (χ3n) is 4.03. The van der Waals surface area contributed by atoms with Crippen molar-refractivity contribution in [2.24, 2.45) is 0 Å². The van der Waals surface area contributed by atoms with Gasteiger partial charge >= 0.3 is 7.12 Å². The van der Waals surface area contributed by atoms with E-state index >= 15 is 0 Å². The molecule has 2 N–H and O–H groups in total. The van der Waals surface area contributed by atoms with E-state index in [4.69, 9.17) is 0 Å². The Bertz CT molecular complexity index is 879. The maximum atomic E-state index is 9.51. The summed E-state index contributed by atoms with van der Waals surface area (Å²) in [7, 11) is -1.55. The van der Waals surface area contributed by atoms with Crippen molar-refractivity contribution in [1.82, 2.24) is 4.57 Å². The number of para-hydroxylation sites is 2. The largest absolute Gasteiger partial charge is 0.488 e. The van der Waals surface area contributed by atoms with Crippen LogP contribution >= 0.6 is 0 Å². The topological polar surface area (TPSA) is 45.4 Å². The highest BCUT2D eigenvalue weighted by Gasteiger charge is 2.17. The first-order valence-corrected chi connectivity index (χ1v) is 7.49. The van der Waals surface area contributed by atoms with Gasteiger partial charge in [-0.15, -0.1) is 0 Å². The molecule has 0 saturated carbocycles. The Morgan fingerprint density at radius 3 is 2.35 bits per heavy atom. The lowest BCUT2D eigenvalue weighted by Gasteiger charge is -2.10. The van der Waals surface area contributed by atoms with Gasteiger partial charge in [0.15, 0.2) is 0 Å². The van der Waals surface area contributed by atoms with Crippen molar-refractivity contribution in [3.63, 3.8) is 0 Å². The zero-order chi connectivity index (χ0) is 16.4. The molecule has 2 aromatic carbocycles. The first kappa shape index (κ1) is 15.3. The average Bonchev–Trinajstić information content (AvgIpc) is 2.85. The summed E-state index contributed by atoms with van der Waals surface area (Å²) in [4.78, 5) is 0. The Morgan fingerprint density at radius 1 is 1.04 bits per heavy atom. The van der Waals surface area contributed by atoms with Crippen LogP contribution in [-0.2, 0) is 0 Å². The second-order valence-corrected chi connectivity index (χ2v) is 5.42. The molecular weight excluding hydrogens is 285 g/mol. The van der Waals surface area contributed by atoms with Gasteiger partial charge in [0.05, 0.1) is 5.52 Å². The lowest BCUT2D eigenvalue weighted by molar-refractivity contribution is 0.421. The average molecular weight is 303 g/mol. The molecule has 0 spiro atoms. The van der Waals surface area contributed by atoms with Gasteiger partial charge in [-0.2, -0.15) is 0 Å². The summed E-state index contributed by atoms with van der Waals surface area (Å²) in [5, 5.41) is 20.2. The van der Waals surface area contributed by atoms with Gasteiger partial charge in [-0.1, -0.05) is 49.1 Å². The molecule has 0 amide bonds. The molecule has 0 aliphatic rings. The molecule has 0 aliphatic carbocycles. The molecule has 0 unspecified atom stereocenters. The van der Waals surface area contributed by atoms with E-state index < -0.39 is 7.12 Å². The Labute approximate surface area is 136 Å². The van der Waals surface area contributed by atoms with Crippen LogP contribution in [-0.4, -0.2) is 21.7 Å². The van der Waals surface area contributed by atoms with Crippen molar-refractivity contribution in [2.75, 3.05) is 0 Å². The predicted octanol–water partition coefficient (Wildman–Crippen LogP) is 3.52. The van der Waals surface area contributed by atoms with Crippen LogP contribution in [0.15, 0.2) is 72.7 Å². The van der Waals surface area contributed by atoms with Gasteiger partial charge in [-0.05, 0) is 42.2 Å². The Balaban J connectivity index is 2.37. The second kappa shape index (κ2) is 6.28. The van der Waals surface area contributed by atoms with Crippen LogP contribution in [0, 0.1) is 6.92 Å². The molecular formula is C19H18BNO2. The van der Waals surface area contributed by atoms with E-state index in [0.717, 1.165) is 27.8 Å². The van der Waals surface area contributed by atoms with Crippen LogP contribution in [0.4, 0.5) is 0 Å². The maximum Gasteiger partial charge on any atom is 0.488 e. The molecule has 0 atom stereocenters. The van der Waals surface area contributed by atoms with Gasteiger partial charge < -0.3 is 14.6 Å². The van der Waals surface area contributed by atoms with E-state index in [1.54, 1.807) is 6.08 Å². The normalized spacial score (nSPS) is 11.7. The van der Waals surface area contributed by atoms with E-state index in [9.17, 15) is 10.0 Å². The third-order valence-corrected chi connectivity index (χ3v) is 4.03. The Morgan fingerprint density at radius 2 is 1.70 bits per heavy atom. The summed E-state index contributed by atoms with van der Waals surface area (Å²) in [6, 6.07) is 18.2. The third kappa shape index (κ3) is 2.74. The lowest BCUT2D eigenvalue weighted by Crippen LogP contribution is -2.14. The molecule has 0 saturated heterocycles. The molecule has 114 valence electrons. The highest BCUT2D eigenvalue weighted by molar-refractivity contribution is 6.53. The number of fused-ring (bicyclic) bond motifs is 1. The SMILES string of the molecule is C=C/C(=C\c1c(C)c2ccccc2n1-c1ccccc1)B(O)O. The summed E-state index contributed by atoms with van der Waals surface area (Å²) < 4.78 is 2.12. The van der Waals surface area contributed by atoms with Gasteiger partial charge in [0, 0.05) is 16.8 Å². The van der Waals surface area contributed by atoms with Gasteiger partial charge in [0.25, 0.3) is 0 Å². The fourth-order valence-electron chi connectivity index (χ4n) is 2.85. The molecule has 0 fully saturated rings. The van der Waals surface area contributed by atoms with Gasteiger partial charge in [0.2, 0.25) is 0 Å². The van der Waals surface area contributed by atoms with Crippen LogP contribution in [0.5, 0.6) is 0 Å². The zero-order valence-electron chi connectivity index (χ0n) is 13.0. The van der Waals surface area contributed by atoms with Crippen LogP contribution in [0.3, 0.4) is 0 Å². The first-order valence-electron chi connectivity index (χ1n) is 7.49. The second-order valence-electron chi connectivity index (χ2n) is 5.42. The van der Waals surface area contributed by atoms with E-state index in [1.807, 2.05) is 49.4 Å². The quantitative estimate of drug-likeness (QED) is 0.572. The Hall–Kier alpha value is -2.56. The molecule has 3 nitrogen and oxygen atoms in total. The number of hydrogen-bond acceptors (Lipinski definition) is 2. The van der Waals surface area contributed by atoms with Crippen LogP contribution in [0.2, 0.25) is 0 Å². The molecule has 3 rings (SSSR count). The number of allylic oxidation sites excluding steroid dienone is 2. The minimum Gasteiger partial charge on any atom is -0.423 e. The van der Waals surface area contributed by atoms with E-state index in [2.05, 4.69) is 23.3 Å². The number of hydrogen-bond donors (Lipinski definition) is 2. The minimum atomic E-state index is -1.55. The number of aromatic nitrogens is 1. The summed E-state index contributed by atoms with van der Waals surface area (Å²) in [6.07, 6.45) is 3.25. The highest BCUT2D eigenvalue weighted by atomic mass is 16.4. The van der Waals surface area contributed by atoms with Crippen molar-refractivity contribution < 1.29 is 10.0 Å². The Kier molecular flexibility index (Phi) is 4.19. The predicted molar refractivity (Wildman–Crippen MR) is 96.4 cm³/mol. The summed E-state index contributed by atoms with van der Waals surface area (Å²) in [6.45, 7) is 5.71. The molecule has 0 aliphatic heterocycles. The zero-order valence-corrected chi connectivity index (χ0v) is 13.0. The molecule has 4 heteroatoms. The van der Waals surface area contributed by atoms with Crippen LogP contribution in [0.1, 0.15) is 11.3 Å². The van der Waals surface area contributed by atoms with E-state index in [0.29, 0.717) is 5.47 Å². The van der Waals surface area contributed by atoms with Crippen LogP contribution in [0.25, 0.3) is 22.7 Å². The number of nitrogens with zero attached hydrogens (tertiary/aromatic N) is 1. The fraction of sp³-hybridized carbons (Fsp3) is 0.0526. The first-order chi connectivity index (χ1) is 11.1. The summed E-state index contributed by atoms with van der Waals surface area (Å²) >= 11 is 0. The number of rotatable bonds is 4. The summed E-state index contributed by atoms with van der Waals surface area (Å²) in [5.41, 5.74) is 4.48. The monoisotopic (exact) mass is 303 g/mol. The fourth-order valence-corrected chi connectivity index (χ4v) is 2.85. The van der Waals surface area contributed by atoms with Crippen LogP contribution < -0.4 is 0 Å². The minimum absolute atomic E-state index is 0.369. The molecule has 3 aromatic rings. The van der Waals surface area contributed by atoms with Crippen molar-refractivity contribution in [2.45, 2.75) is 6.92 Å². The molecule has 1 heterocycles.